The van der Waals surface area contributed by atoms with Crippen molar-refractivity contribution < 1.29 is 39.1 Å². The van der Waals surface area contributed by atoms with Gasteiger partial charge < -0.3 is 34.8 Å². The fourth-order valence-corrected chi connectivity index (χ4v) is 2.33. The van der Waals surface area contributed by atoms with Crippen molar-refractivity contribution in [1.29, 1.82) is 0 Å². The second-order valence-electron chi connectivity index (χ2n) is 5.73. The van der Waals surface area contributed by atoms with Gasteiger partial charge in [-0.2, -0.15) is 0 Å². The monoisotopic (exact) mass is 407 g/mol. The number of aromatic hydroxyl groups is 1. The summed E-state index contributed by atoms with van der Waals surface area (Å²) >= 11 is 0. The standard InChI is InChI=1S/C18H23NO4.C2H2O4/c1-21-16-7-5-13(10-18(16)23-3)8-9-19-12-14-4-6-15(20)17(11-14)22-2;3-1(4)2(5)6/h4-7,10-11,19-20H,8-9,12H2,1-3H3;(H,3,4)(H,5,6). The molecule has 0 atom stereocenters. The van der Waals surface area contributed by atoms with Crippen molar-refractivity contribution in [1.82, 2.24) is 5.32 Å². The zero-order valence-electron chi connectivity index (χ0n) is 16.5. The number of rotatable bonds is 8. The van der Waals surface area contributed by atoms with Gasteiger partial charge >= 0.3 is 11.9 Å². The van der Waals surface area contributed by atoms with Crippen LogP contribution in [0.15, 0.2) is 36.4 Å². The Bertz CT molecular complexity index is 810. The molecule has 0 spiro atoms. The topological polar surface area (TPSA) is 135 Å². The molecule has 2 aromatic carbocycles. The number of phenolic OH excluding ortho intramolecular Hbond substituents is 1. The number of methoxy groups -OCH3 is 3. The maximum absolute atomic E-state index is 9.58. The molecule has 0 radical (unpaired) electrons. The Balaban J connectivity index is 0.000000612. The van der Waals surface area contributed by atoms with E-state index in [4.69, 9.17) is 34.0 Å². The quantitative estimate of drug-likeness (QED) is 0.382. The van der Waals surface area contributed by atoms with Crippen LogP contribution < -0.4 is 19.5 Å². The Morgan fingerprint density at radius 3 is 1.93 bits per heavy atom. The Labute approximate surface area is 168 Å². The van der Waals surface area contributed by atoms with Crippen LogP contribution in [0.2, 0.25) is 0 Å². The zero-order valence-corrected chi connectivity index (χ0v) is 16.5. The number of hydrogen-bond acceptors (Lipinski definition) is 7. The minimum atomic E-state index is -1.82. The van der Waals surface area contributed by atoms with Crippen molar-refractivity contribution in [2.75, 3.05) is 27.9 Å². The van der Waals surface area contributed by atoms with Gasteiger partial charge in [0.25, 0.3) is 0 Å². The summed E-state index contributed by atoms with van der Waals surface area (Å²) in [7, 11) is 4.81. The van der Waals surface area contributed by atoms with E-state index in [-0.39, 0.29) is 5.75 Å². The van der Waals surface area contributed by atoms with Gasteiger partial charge in [0, 0.05) is 6.54 Å². The van der Waals surface area contributed by atoms with Crippen molar-refractivity contribution in [2.45, 2.75) is 13.0 Å². The van der Waals surface area contributed by atoms with E-state index in [1.165, 1.54) is 5.56 Å². The molecule has 2 rings (SSSR count). The lowest BCUT2D eigenvalue weighted by atomic mass is 10.1. The van der Waals surface area contributed by atoms with E-state index < -0.39 is 11.9 Å². The second kappa shape index (κ2) is 12.1. The van der Waals surface area contributed by atoms with E-state index in [9.17, 15) is 5.11 Å². The molecule has 29 heavy (non-hydrogen) atoms. The molecule has 4 N–H and O–H groups in total. The molecule has 0 fully saturated rings. The lowest BCUT2D eigenvalue weighted by Crippen LogP contribution is -2.16. The number of ether oxygens (including phenoxy) is 3. The number of hydrogen-bond donors (Lipinski definition) is 4. The van der Waals surface area contributed by atoms with Gasteiger partial charge in [-0.15, -0.1) is 0 Å². The molecule has 0 unspecified atom stereocenters. The van der Waals surface area contributed by atoms with Gasteiger partial charge in [-0.25, -0.2) is 9.59 Å². The molecule has 0 bridgehead atoms. The normalized spacial score (nSPS) is 9.76. The first-order chi connectivity index (χ1) is 13.8. The molecular weight excluding hydrogens is 382 g/mol. The molecule has 0 aliphatic carbocycles. The van der Waals surface area contributed by atoms with Crippen LogP contribution in [-0.2, 0) is 22.6 Å². The van der Waals surface area contributed by atoms with E-state index in [1.54, 1.807) is 27.4 Å². The molecule has 0 saturated heterocycles. The van der Waals surface area contributed by atoms with Gasteiger partial charge in [-0.05, 0) is 48.4 Å². The summed E-state index contributed by atoms with van der Waals surface area (Å²) in [5.41, 5.74) is 2.24. The lowest BCUT2D eigenvalue weighted by molar-refractivity contribution is -0.159. The van der Waals surface area contributed by atoms with E-state index >= 15 is 0 Å². The highest BCUT2D eigenvalue weighted by Crippen LogP contribution is 2.28. The molecule has 2 aromatic rings. The molecule has 0 aliphatic heterocycles. The van der Waals surface area contributed by atoms with Gasteiger partial charge in [0.15, 0.2) is 23.0 Å². The Hall–Kier alpha value is -3.46. The molecule has 0 saturated carbocycles. The molecule has 9 heteroatoms. The number of aliphatic carboxylic acids is 2. The van der Waals surface area contributed by atoms with Gasteiger partial charge in [0.2, 0.25) is 0 Å². The molecule has 158 valence electrons. The predicted molar refractivity (Wildman–Crippen MR) is 105 cm³/mol. The minimum absolute atomic E-state index is 0.154. The summed E-state index contributed by atoms with van der Waals surface area (Å²) in [6.07, 6.45) is 0.884. The molecule has 0 aliphatic rings. The summed E-state index contributed by atoms with van der Waals surface area (Å²) in [4.78, 5) is 18.2. The number of nitrogens with one attached hydrogen (secondary N) is 1. The van der Waals surface area contributed by atoms with Crippen molar-refractivity contribution in [3.8, 4) is 23.0 Å². The summed E-state index contributed by atoms with van der Waals surface area (Å²) < 4.78 is 15.6. The SMILES string of the molecule is COc1cc(CNCCc2ccc(OC)c(OC)c2)ccc1O.O=C(O)C(=O)O. The third-order valence-corrected chi connectivity index (χ3v) is 3.79. The van der Waals surface area contributed by atoms with Crippen LogP contribution in [-0.4, -0.2) is 55.1 Å². The summed E-state index contributed by atoms with van der Waals surface area (Å²) in [5.74, 6) is -1.52. The largest absolute Gasteiger partial charge is 0.504 e. The number of carboxylic acids is 2. The first-order valence-electron chi connectivity index (χ1n) is 8.56. The van der Waals surface area contributed by atoms with Crippen LogP contribution in [0.5, 0.6) is 23.0 Å². The fourth-order valence-electron chi connectivity index (χ4n) is 2.33. The highest BCUT2D eigenvalue weighted by molar-refractivity contribution is 6.27. The molecule has 0 heterocycles. The average Bonchev–Trinajstić information content (AvgIpc) is 2.72. The Morgan fingerprint density at radius 2 is 1.38 bits per heavy atom. The maximum Gasteiger partial charge on any atom is 0.414 e. The van der Waals surface area contributed by atoms with Crippen LogP contribution in [0.1, 0.15) is 11.1 Å². The van der Waals surface area contributed by atoms with Crippen LogP contribution in [0.4, 0.5) is 0 Å². The first-order valence-corrected chi connectivity index (χ1v) is 8.56. The van der Waals surface area contributed by atoms with Crippen LogP contribution >= 0.6 is 0 Å². The van der Waals surface area contributed by atoms with Gasteiger partial charge in [0.05, 0.1) is 21.3 Å². The third-order valence-electron chi connectivity index (χ3n) is 3.79. The van der Waals surface area contributed by atoms with E-state index in [0.717, 1.165) is 30.0 Å². The first kappa shape index (κ1) is 23.6. The van der Waals surface area contributed by atoms with Crippen LogP contribution in [0, 0.1) is 0 Å². The molecule has 0 aromatic heterocycles. The highest BCUT2D eigenvalue weighted by Gasteiger charge is 2.05. The van der Waals surface area contributed by atoms with E-state index in [1.807, 2.05) is 30.3 Å². The number of phenols is 1. The maximum atomic E-state index is 9.58. The Kier molecular flexibility index (Phi) is 9.83. The smallest absolute Gasteiger partial charge is 0.414 e. The van der Waals surface area contributed by atoms with Crippen molar-refractivity contribution >= 4 is 11.9 Å². The summed E-state index contributed by atoms with van der Waals surface area (Å²) in [6.45, 7) is 1.54. The molecule has 0 amide bonds. The van der Waals surface area contributed by atoms with Gasteiger partial charge in [-0.1, -0.05) is 12.1 Å². The minimum Gasteiger partial charge on any atom is -0.504 e. The van der Waals surface area contributed by atoms with Crippen LogP contribution in [0.25, 0.3) is 0 Å². The van der Waals surface area contributed by atoms with Crippen LogP contribution in [0.3, 0.4) is 0 Å². The van der Waals surface area contributed by atoms with E-state index in [0.29, 0.717) is 12.3 Å². The van der Waals surface area contributed by atoms with E-state index in [2.05, 4.69) is 5.32 Å². The Morgan fingerprint density at radius 1 is 0.828 bits per heavy atom. The number of carbonyl (C=O) groups is 2. The fraction of sp³-hybridized carbons (Fsp3) is 0.300. The average molecular weight is 407 g/mol. The van der Waals surface area contributed by atoms with Gasteiger partial charge in [0.1, 0.15) is 0 Å². The third kappa shape index (κ3) is 7.97. The number of carboxylic acid groups (broad SMARTS) is 2. The number of benzene rings is 2. The summed E-state index contributed by atoms with van der Waals surface area (Å²) in [6, 6.07) is 11.3. The van der Waals surface area contributed by atoms with Crippen molar-refractivity contribution in [2.24, 2.45) is 0 Å². The molecular formula is C20H25NO8. The zero-order chi connectivity index (χ0) is 21.8. The molecule has 9 nitrogen and oxygen atoms in total. The van der Waals surface area contributed by atoms with Gasteiger partial charge in [-0.3, -0.25) is 0 Å². The highest BCUT2D eigenvalue weighted by atomic mass is 16.5. The summed E-state index contributed by atoms with van der Waals surface area (Å²) in [5, 5.41) is 27.7. The lowest BCUT2D eigenvalue weighted by Gasteiger charge is -2.10. The second-order valence-corrected chi connectivity index (χ2v) is 5.73. The predicted octanol–water partition coefficient (Wildman–Crippen LogP) is 1.91. The van der Waals surface area contributed by atoms with Crippen molar-refractivity contribution in [3.63, 3.8) is 0 Å². The van der Waals surface area contributed by atoms with Crippen molar-refractivity contribution in [3.05, 3.63) is 47.5 Å².